The molecule has 15 heavy (non-hydrogen) atoms. The summed E-state index contributed by atoms with van der Waals surface area (Å²) < 4.78 is 0. The van der Waals surface area contributed by atoms with E-state index >= 15 is 0 Å². The van der Waals surface area contributed by atoms with Crippen molar-refractivity contribution in [3.05, 3.63) is 40.6 Å². The van der Waals surface area contributed by atoms with Crippen LogP contribution in [0.25, 0.3) is 10.9 Å². The van der Waals surface area contributed by atoms with Gasteiger partial charge in [-0.05, 0) is 6.07 Å². The molecule has 1 aromatic heterocycles. The summed E-state index contributed by atoms with van der Waals surface area (Å²) in [6.45, 7) is 0. The highest BCUT2D eigenvalue weighted by atomic mass is 79.9. The molecule has 0 fully saturated rings. The fourth-order valence-electron chi connectivity index (χ4n) is 1.26. The van der Waals surface area contributed by atoms with Crippen molar-refractivity contribution in [3.8, 4) is 5.75 Å². The van der Waals surface area contributed by atoms with Crippen LogP contribution in [0, 0.1) is 10.1 Å². The largest absolute Gasteiger partial charge is 0.505 e. The van der Waals surface area contributed by atoms with Crippen molar-refractivity contribution in [1.82, 2.24) is 4.98 Å². The van der Waals surface area contributed by atoms with Crippen LogP contribution in [0.15, 0.2) is 30.5 Å². The van der Waals surface area contributed by atoms with Gasteiger partial charge < -0.3 is 5.11 Å². The Morgan fingerprint density at radius 3 is 2.80 bits per heavy atom. The molecule has 0 unspecified atom stereocenters. The van der Waals surface area contributed by atoms with Crippen LogP contribution in [0.4, 0.5) is 5.69 Å². The molecular weight excluding hydrogens is 264 g/mol. The lowest BCUT2D eigenvalue weighted by Gasteiger charge is -1.99. The lowest BCUT2D eigenvalue weighted by atomic mass is 10.2. The van der Waals surface area contributed by atoms with Crippen LogP contribution in [0.1, 0.15) is 0 Å². The Balaban J connectivity index is 0.00000112. The molecule has 0 amide bonds. The predicted octanol–water partition coefficient (Wildman–Crippen LogP) is 2.43. The molecule has 6 heteroatoms. The fraction of sp³-hybridized carbons (Fsp3) is 0. The maximum Gasteiger partial charge on any atom is 0.273 e. The van der Waals surface area contributed by atoms with E-state index in [2.05, 4.69) is 4.98 Å². The van der Waals surface area contributed by atoms with Crippen LogP contribution in [0.3, 0.4) is 0 Å². The predicted molar refractivity (Wildman–Crippen MR) is 60.4 cm³/mol. The van der Waals surface area contributed by atoms with Gasteiger partial charge in [-0.15, -0.1) is 17.0 Å². The van der Waals surface area contributed by atoms with Gasteiger partial charge in [-0.3, -0.25) is 15.1 Å². The topological polar surface area (TPSA) is 76.3 Å². The average Bonchev–Trinajstić information content (AvgIpc) is 2.17. The van der Waals surface area contributed by atoms with Gasteiger partial charge in [0, 0.05) is 17.6 Å². The van der Waals surface area contributed by atoms with Gasteiger partial charge in [-0.25, -0.2) is 0 Å². The zero-order valence-corrected chi connectivity index (χ0v) is 9.17. The number of halogens is 1. The van der Waals surface area contributed by atoms with E-state index in [1.807, 2.05) is 0 Å². The molecule has 0 atom stereocenters. The van der Waals surface area contributed by atoms with Gasteiger partial charge in [0.25, 0.3) is 5.69 Å². The molecule has 0 spiro atoms. The molecule has 1 heterocycles. The number of hydrogen-bond donors (Lipinski definition) is 1. The number of hydrogen-bond acceptors (Lipinski definition) is 4. The van der Waals surface area contributed by atoms with Crippen molar-refractivity contribution in [1.29, 1.82) is 0 Å². The van der Waals surface area contributed by atoms with E-state index in [-0.39, 0.29) is 28.4 Å². The summed E-state index contributed by atoms with van der Waals surface area (Å²) in [7, 11) is 0. The standard InChI is InChI=1S/C9H6N2O3.BrH/c12-8-5-7(11(13)14)4-6-2-1-3-10-9(6)8;/h1-5,12H;1H. The first-order valence-electron chi connectivity index (χ1n) is 3.90. The van der Waals surface area contributed by atoms with E-state index in [1.54, 1.807) is 12.1 Å². The molecule has 0 aliphatic rings. The molecule has 0 aliphatic carbocycles. The van der Waals surface area contributed by atoms with E-state index in [0.717, 1.165) is 6.07 Å². The number of aromatic hydroxyl groups is 1. The quantitative estimate of drug-likeness (QED) is 0.638. The minimum atomic E-state index is -0.549. The molecule has 0 aliphatic heterocycles. The van der Waals surface area contributed by atoms with Crippen molar-refractivity contribution >= 4 is 33.6 Å². The number of benzene rings is 1. The number of nitro groups is 1. The summed E-state index contributed by atoms with van der Waals surface area (Å²) in [6, 6.07) is 5.79. The summed E-state index contributed by atoms with van der Waals surface area (Å²) in [5.41, 5.74) is 0.237. The number of phenolic OH excluding ortho intramolecular Hbond substituents is 1. The number of fused-ring (bicyclic) bond motifs is 1. The number of nitro benzene ring substituents is 1. The average molecular weight is 271 g/mol. The first-order valence-corrected chi connectivity index (χ1v) is 3.90. The Morgan fingerprint density at radius 2 is 2.13 bits per heavy atom. The number of aromatic nitrogens is 1. The second kappa shape index (κ2) is 4.22. The van der Waals surface area contributed by atoms with Gasteiger partial charge in [0.2, 0.25) is 0 Å². The minimum Gasteiger partial charge on any atom is -0.505 e. The molecule has 0 bridgehead atoms. The fourth-order valence-corrected chi connectivity index (χ4v) is 1.26. The third-order valence-corrected chi connectivity index (χ3v) is 1.88. The van der Waals surface area contributed by atoms with Crippen molar-refractivity contribution in [2.45, 2.75) is 0 Å². The molecule has 2 rings (SSSR count). The number of rotatable bonds is 1. The highest BCUT2D eigenvalue weighted by Crippen LogP contribution is 2.27. The Labute approximate surface area is 95.3 Å². The smallest absolute Gasteiger partial charge is 0.273 e. The molecule has 1 aromatic carbocycles. The van der Waals surface area contributed by atoms with Crippen LogP contribution in [-0.2, 0) is 0 Å². The van der Waals surface area contributed by atoms with Crippen molar-refractivity contribution in [3.63, 3.8) is 0 Å². The second-order valence-corrected chi connectivity index (χ2v) is 2.80. The van der Waals surface area contributed by atoms with E-state index in [9.17, 15) is 15.2 Å². The van der Waals surface area contributed by atoms with Crippen LogP contribution in [0.5, 0.6) is 5.75 Å². The number of nitrogens with zero attached hydrogens (tertiary/aromatic N) is 2. The zero-order chi connectivity index (χ0) is 10.1. The maximum atomic E-state index is 10.5. The zero-order valence-electron chi connectivity index (χ0n) is 7.45. The van der Waals surface area contributed by atoms with Crippen molar-refractivity contribution < 1.29 is 10.0 Å². The van der Waals surface area contributed by atoms with Gasteiger partial charge in [-0.2, -0.15) is 0 Å². The Morgan fingerprint density at radius 1 is 1.40 bits per heavy atom. The van der Waals surface area contributed by atoms with Crippen LogP contribution >= 0.6 is 17.0 Å². The number of phenols is 1. The van der Waals surface area contributed by atoms with E-state index in [0.29, 0.717) is 10.9 Å². The van der Waals surface area contributed by atoms with Gasteiger partial charge in [0.1, 0.15) is 11.3 Å². The monoisotopic (exact) mass is 270 g/mol. The molecule has 78 valence electrons. The minimum absolute atomic E-state index is 0. The molecule has 0 radical (unpaired) electrons. The van der Waals surface area contributed by atoms with E-state index in [1.165, 1.54) is 12.3 Å². The van der Waals surface area contributed by atoms with Gasteiger partial charge in [-0.1, -0.05) is 6.07 Å². The summed E-state index contributed by atoms with van der Waals surface area (Å²) in [6.07, 6.45) is 1.52. The van der Waals surface area contributed by atoms with Gasteiger partial charge in [0.15, 0.2) is 0 Å². The SMILES string of the molecule is Br.O=[N+]([O-])c1cc(O)c2ncccc2c1. The summed E-state index contributed by atoms with van der Waals surface area (Å²) >= 11 is 0. The first kappa shape index (κ1) is 11.4. The van der Waals surface area contributed by atoms with Crippen LogP contribution in [0.2, 0.25) is 0 Å². The third kappa shape index (κ3) is 2.04. The van der Waals surface area contributed by atoms with Crippen LogP contribution in [-0.4, -0.2) is 15.0 Å². The molecular formula is C9H7BrN2O3. The third-order valence-electron chi connectivity index (χ3n) is 1.88. The highest BCUT2D eigenvalue weighted by molar-refractivity contribution is 8.93. The number of non-ortho nitro benzene ring substituents is 1. The van der Waals surface area contributed by atoms with Crippen molar-refractivity contribution in [2.24, 2.45) is 0 Å². The highest BCUT2D eigenvalue weighted by Gasteiger charge is 2.10. The summed E-state index contributed by atoms with van der Waals surface area (Å²) in [4.78, 5) is 13.8. The normalized spacial score (nSPS) is 9.60. The lowest BCUT2D eigenvalue weighted by Crippen LogP contribution is -1.88. The van der Waals surface area contributed by atoms with Gasteiger partial charge >= 0.3 is 0 Å². The summed E-state index contributed by atoms with van der Waals surface area (Å²) in [5, 5.41) is 20.5. The van der Waals surface area contributed by atoms with Gasteiger partial charge in [0.05, 0.1) is 11.0 Å². The molecule has 1 N–H and O–H groups in total. The maximum absolute atomic E-state index is 10.5. The van der Waals surface area contributed by atoms with E-state index < -0.39 is 4.92 Å². The van der Waals surface area contributed by atoms with E-state index in [4.69, 9.17) is 0 Å². The first-order chi connectivity index (χ1) is 6.68. The Kier molecular flexibility index (Phi) is 3.21. The Bertz CT molecular complexity index is 516. The summed E-state index contributed by atoms with van der Waals surface area (Å²) in [5.74, 6) is -0.171. The molecule has 2 aromatic rings. The lowest BCUT2D eigenvalue weighted by molar-refractivity contribution is -0.384. The Hall–Kier alpha value is -1.69. The van der Waals surface area contributed by atoms with Crippen molar-refractivity contribution in [2.75, 3.05) is 0 Å². The second-order valence-electron chi connectivity index (χ2n) is 2.80. The number of pyridine rings is 1. The van der Waals surface area contributed by atoms with Crippen LogP contribution < -0.4 is 0 Å². The molecule has 5 nitrogen and oxygen atoms in total. The molecule has 0 saturated heterocycles. The molecule has 0 saturated carbocycles.